The van der Waals surface area contributed by atoms with Gasteiger partial charge in [0.05, 0.1) is 5.41 Å². The maximum absolute atomic E-state index is 12.1. The van der Waals surface area contributed by atoms with Gasteiger partial charge in [0.1, 0.15) is 0 Å². The van der Waals surface area contributed by atoms with E-state index in [9.17, 15) is 4.79 Å². The zero-order chi connectivity index (χ0) is 13.1. The highest BCUT2D eigenvalue weighted by atomic mass is 16.2. The van der Waals surface area contributed by atoms with Crippen molar-refractivity contribution in [2.24, 2.45) is 11.1 Å². The molecule has 1 aromatic rings. The van der Waals surface area contributed by atoms with Crippen LogP contribution < -0.4 is 11.1 Å². The summed E-state index contributed by atoms with van der Waals surface area (Å²) in [5.41, 5.74) is 5.87. The van der Waals surface area contributed by atoms with E-state index in [0.29, 0.717) is 6.54 Å². The number of aromatic nitrogens is 1. The van der Waals surface area contributed by atoms with Crippen LogP contribution in [0.25, 0.3) is 0 Å². The largest absolute Gasteiger partial charge is 0.352 e. The molecule has 0 aliphatic rings. The Bertz CT molecular complexity index is 379. The van der Waals surface area contributed by atoms with Gasteiger partial charge in [-0.15, -0.1) is 0 Å². The quantitative estimate of drug-likeness (QED) is 0.830. The van der Waals surface area contributed by atoms with E-state index >= 15 is 0 Å². The highest BCUT2D eigenvalue weighted by Gasteiger charge is 2.40. The van der Waals surface area contributed by atoms with Crippen LogP contribution in [0.1, 0.15) is 33.3 Å². The summed E-state index contributed by atoms with van der Waals surface area (Å²) in [4.78, 5) is 16.0. The molecule has 1 heterocycles. The van der Waals surface area contributed by atoms with Crippen LogP contribution in [0.5, 0.6) is 0 Å². The highest BCUT2D eigenvalue weighted by molar-refractivity contribution is 5.83. The normalized spacial score (nSPS) is 12.3. The van der Waals surface area contributed by atoms with E-state index < -0.39 is 11.0 Å². The van der Waals surface area contributed by atoms with E-state index in [-0.39, 0.29) is 5.91 Å². The van der Waals surface area contributed by atoms with E-state index in [1.165, 1.54) is 0 Å². The van der Waals surface area contributed by atoms with Crippen molar-refractivity contribution < 1.29 is 4.79 Å². The molecule has 0 aromatic carbocycles. The first kappa shape index (κ1) is 13.6. The van der Waals surface area contributed by atoms with Crippen LogP contribution >= 0.6 is 0 Å². The number of amides is 1. The van der Waals surface area contributed by atoms with Crippen LogP contribution in [-0.2, 0) is 11.3 Å². The summed E-state index contributed by atoms with van der Waals surface area (Å²) >= 11 is 0. The molecule has 1 rings (SSSR count). The number of nitrogens with one attached hydrogen (secondary N) is 1. The Morgan fingerprint density at radius 2 is 1.82 bits per heavy atom. The predicted molar refractivity (Wildman–Crippen MR) is 68.1 cm³/mol. The topological polar surface area (TPSA) is 68.0 Å². The smallest absolute Gasteiger partial charge is 0.227 e. The second-order valence-electron chi connectivity index (χ2n) is 5.38. The Kier molecular flexibility index (Phi) is 3.88. The Morgan fingerprint density at radius 3 is 2.29 bits per heavy atom. The van der Waals surface area contributed by atoms with Crippen LogP contribution in [0.4, 0.5) is 0 Å². The van der Waals surface area contributed by atoms with Gasteiger partial charge >= 0.3 is 0 Å². The number of nitrogens with two attached hydrogens (primary N) is 1. The fourth-order valence-corrected chi connectivity index (χ4v) is 1.20. The van der Waals surface area contributed by atoms with Crippen molar-refractivity contribution in [1.82, 2.24) is 10.3 Å². The van der Waals surface area contributed by atoms with Gasteiger partial charge in [0, 0.05) is 24.5 Å². The van der Waals surface area contributed by atoms with Crippen LogP contribution in [0.3, 0.4) is 0 Å². The van der Waals surface area contributed by atoms with Crippen molar-refractivity contribution >= 4 is 5.91 Å². The number of pyridine rings is 1. The molecule has 4 nitrogen and oxygen atoms in total. The molecule has 0 bridgehead atoms. The zero-order valence-corrected chi connectivity index (χ0v) is 10.9. The standard InChI is InChI=1S/C13H21N3O/c1-12(2,13(3,4)14)11(17)16-9-10-5-7-15-8-6-10/h5-8H,9,14H2,1-4H3,(H,16,17). The molecule has 3 N–H and O–H groups in total. The molecule has 1 aromatic heterocycles. The predicted octanol–water partition coefficient (Wildman–Crippen LogP) is 1.46. The van der Waals surface area contributed by atoms with Gasteiger partial charge in [0.15, 0.2) is 0 Å². The lowest BCUT2D eigenvalue weighted by molar-refractivity contribution is -0.132. The van der Waals surface area contributed by atoms with Gasteiger partial charge < -0.3 is 11.1 Å². The van der Waals surface area contributed by atoms with Crippen molar-refractivity contribution in [2.75, 3.05) is 0 Å². The molecular formula is C13H21N3O. The Labute approximate surface area is 103 Å². The molecule has 0 unspecified atom stereocenters. The summed E-state index contributed by atoms with van der Waals surface area (Å²) in [5, 5.41) is 2.90. The molecule has 17 heavy (non-hydrogen) atoms. The summed E-state index contributed by atoms with van der Waals surface area (Å²) < 4.78 is 0. The fraction of sp³-hybridized carbons (Fsp3) is 0.538. The SMILES string of the molecule is CC(C)(N)C(C)(C)C(=O)NCc1ccncc1. The molecular weight excluding hydrogens is 214 g/mol. The first-order valence-electron chi connectivity index (χ1n) is 5.71. The molecule has 0 spiro atoms. The van der Waals surface area contributed by atoms with Gasteiger partial charge in [-0.25, -0.2) is 0 Å². The van der Waals surface area contributed by atoms with Crippen molar-refractivity contribution in [1.29, 1.82) is 0 Å². The summed E-state index contributed by atoms with van der Waals surface area (Å²) in [6.07, 6.45) is 3.42. The number of hydrogen-bond donors (Lipinski definition) is 2. The number of nitrogens with zero attached hydrogens (tertiary/aromatic N) is 1. The third-order valence-corrected chi connectivity index (χ3v) is 3.38. The Morgan fingerprint density at radius 1 is 1.29 bits per heavy atom. The summed E-state index contributed by atoms with van der Waals surface area (Å²) in [5.74, 6) is -0.0400. The molecule has 0 radical (unpaired) electrons. The van der Waals surface area contributed by atoms with Crippen LogP contribution in [0.2, 0.25) is 0 Å². The third-order valence-electron chi connectivity index (χ3n) is 3.38. The average Bonchev–Trinajstić information content (AvgIpc) is 2.25. The number of carbonyl (C=O) groups is 1. The second-order valence-corrected chi connectivity index (χ2v) is 5.38. The monoisotopic (exact) mass is 235 g/mol. The van der Waals surface area contributed by atoms with Crippen molar-refractivity contribution in [3.63, 3.8) is 0 Å². The van der Waals surface area contributed by atoms with Gasteiger partial charge in [-0.05, 0) is 45.4 Å². The molecule has 94 valence electrons. The minimum atomic E-state index is -0.611. The lowest BCUT2D eigenvalue weighted by Gasteiger charge is -2.36. The molecule has 4 heteroatoms. The first-order valence-corrected chi connectivity index (χ1v) is 5.71. The molecule has 0 atom stereocenters. The number of carbonyl (C=O) groups excluding carboxylic acids is 1. The van der Waals surface area contributed by atoms with Gasteiger partial charge in [-0.1, -0.05) is 0 Å². The van der Waals surface area contributed by atoms with Gasteiger partial charge in [-0.2, -0.15) is 0 Å². The lowest BCUT2D eigenvalue weighted by atomic mass is 9.74. The zero-order valence-electron chi connectivity index (χ0n) is 10.9. The molecule has 0 saturated carbocycles. The van der Waals surface area contributed by atoms with Crippen LogP contribution in [-0.4, -0.2) is 16.4 Å². The Hall–Kier alpha value is -1.42. The minimum absolute atomic E-state index is 0.0400. The van der Waals surface area contributed by atoms with E-state index in [1.54, 1.807) is 12.4 Å². The van der Waals surface area contributed by atoms with E-state index in [4.69, 9.17) is 5.73 Å². The maximum atomic E-state index is 12.1. The molecule has 0 saturated heterocycles. The van der Waals surface area contributed by atoms with Gasteiger partial charge in [0.2, 0.25) is 5.91 Å². The first-order chi connectivity index (χ1) is 7.75. The molecule has 0 aliphatic heterocycles. The van der Waals surface area contributed by atoms with Gasteiger partial charge in [-0.3, -0.25) is 9.78 Å². The molecule has 0 aliphatic carbocycles. The highest BCUT2D eigenvalue weighted by Crippen LogP contribution is 2.28. The molecule has 0 fully saturated rings. The summed E-state index contributed by atoms with van der Waals surface area (Å²) in [6, 6.07) is 3.75. The van der Waals surface area contributed by atoms with Crippen molar-refractivity contribution in [2.45, 2.75) is 39.8 Å². The summed E-state index contributed by atoms with van der Waals surface area (Å²) in [6.45, 7) is 7.93. The summed E-state index contributed by atoms with van der Waals surface area (Å²) in [7, 11) is 0. The second kappa shape index (κ2) is 4.84. The van der Waals surface area contributed by atoms with Crippen LogP contribution in [0.15, 0.2) is 24.5 Å². The average molecular weight is 235 g/mol. The lowest BCUT2D eigenvalue weighted by Crippen LogP contribution is -2.55. The third kappa shape index (κ3) is 3.27. The van der Waals surface area contributed by atoms with E-state index in [2.05, 4.69) is 10.3 Å². The van der Waals surface area contributed by atoms with E-state index in [0.717, 1.165) is 5.56 Å². The van der Waals surface area contributed by atoms with Gasteiger partial charge in [0.25, 0.3) is 0 Å². The van der Waals surface area contributed by atoms with E-state index in [1.807, 2.05) is 39.8 Å². The fourth-order valence-electron chi connectivity index (χ4n) is 1.20. The van der Waals surface area contributed by atoms with Crippen molar-refractivity contribution in [3.05, 3.63) is 30.1 Å². The van der Waals surface area contributed by atoms with Crippen LogP contribution in [0, 0.1) is 5.41 Å². The number of hydrogen-bond acceptors (Lipinski definition) is 3. The van der Waals surface area contributed by atoms with Crippen molar-refractivity contribution in [3.8, 4) is 0 Å². The Balaban J connectivity index is 2.62. The molecule has 1 amide bonds. The minimum Gasteiger partial charge on any atom is -0.352 e. The number of rotatable bonds is 4. The maximum Gasteiger partial charge on any atom is 0.227 e.